The lowest BCUT2D eigenvalue weighted by Gasteiger charge is -2.26. The molecule has 0 aromatic rings. The maximum Gasteiger partial charge on any atom is 0.330 e. The van der Waals surface area contributed by atoms with Gasteiger partial charge in [-0.15, -0.1) is 0 Å². The Morgan fingerprint density at radius 2 is 1.62 bits per heavy atom. The van der Waals surface area contributed by atoms with Crippen molar-refractivity contribution < 1.29 is 32.0 Å². The van der Waals surface area contributed by atoms with E-state index in [1.165, 1.54) is 0 Å². The Morgan fingerprint density at radius 1 is 1.05 bits per heavy atom. The second-order valence-electron chi connectivity index (χ2n) is 4.88. The van der Waals surface area contributed by atoms with Gasteiger partial charge in [0.2, 0.25) is 4.75 Å². The molecule has 0 saturated carbocycles. The molecule has 21 heavy (non-hydrogen) atoms. The molecule has 0 fully saturated rings. The molecule has 8 heteroatoms. The number of esters is 2. The van der Waals surface area contributed by atoms with Crippen LogP contribution in [0.4, 0.5) is 0 Å². The molecule has 0 aliphatic carbocycles. The molecule has 0 aliphatic rings. The van der Waals surface area contributed by atoms with E-state index in [1.807, 2.05) is 6.92 Å². The number of hydrogen-bond acceptors (Lipinski definition) is 6. The number of methoxy groups -OCH3 is 2. The van der Waals surface area contributed by atoms with E-state index < -0.39 is 33.2 Å². The molecule has 0 aromatic carbocycles. The van der Waals surface area contributed by atoms with E-state index in [4.69, 9.17) is 0 Å². The van der Waals surface area contributed by atoms with Gasteiger partial charge >= 0.3 is 11.9 Å². The lowest BCUT2D eigenvalue weighted by atomic mass is 9.96. The summed E-state index contributed by atoms with van der Waals surface area (Å²) in [6, 6.07) is 0. The van der Waals surface area contributed by atoms with E-state index in [2.05, 4.69) is 9.47 Å². The zero-order valence-electron chi connectivity index (χ0n) is 12.8. The van der Waals surface area contributed by atoms with E-state index in [0.29, 0.717) is 12.8 Å². The third-order valence-electron chi connectivity index (χ3n) is 3.39. The Hall–Kier alpha value is -1.15. The number of unbranched alkanes of at least 4 members (excludes halogenated alkanes) is 4. The van der Waals surface area contributed by atoms with Crippen LogP contribution in [0.1, 0.15) is 51.9 Å². The highest BCUT2D eigenvalue weighted by molar-refractivity contribution is 7.88. The summed E-state index contributed by atoms with van der Waals surface area (Å²) in [6.45, 7) is 2.04. The van der Waals surface area contributed by atoms with Crippen molar-refractivity contribution in [3.05, 3.63) is 0 Å². The average Bonchev–Trinajstić information content (AvgIpc) is 2.43. The van der Waals surface area contributed by atoms with Gasteiger partial charge in [0, 0.05) is 0 Å². The molecule has 1 unspecified atom stereocenters. The fourth-order valence-electron chi connectivity index (χ4n) is 2.09. The molecule has 0 spiro atoms. The minimum atomic E-state index is -4.81. The number of rotatable bonds is 10. The quantitative estimate of drug-likeness (QED) is 0.370. The molecule has 124 valence electrons. The Kier molecular flexibility index (Phi) is 8.50. The Balaban J connectivity index is 5.20. The van der Waals surface area contributed by atoms with Crippen LogP contribution in [0.2, 0.25) is 0 Å². The summed E-state index contributed by atoms with van der Waals surface area (Å²) in [5.74, 6) is -2.04. The molecule has 0 aromatic heterocycles. The Morgan fingerprint density at radius 3 is 2.05 bits per heavy atom. The number of carbonyl (C=O) groups is 2. The lowest BCUT2D eigenvalue weighted by Crippen LogP contribution is -2.49. The molecule has 0 radical (unpaired) electrons. The first-order valence-corrected chi connectivity index (χ1v) is 8.31. The van der Waals surface area contributed by atoms with E-state index in [-0.39, 0.29) is 6.42 Å². The fourth-order valence-corrected chi connectivity index (χ4v) is 3.09. The number of ether oxygens (including phenoxy) is 2. The van der Waals surface area contributed by atoms with Crippen LogP contribution in [0.5, 0.6) is 0 Å². The summed E-state index contributed by atoms with van der Waals surface area (Å²) in [5.41, 5.74) is 0. The van der Waals surface area contributed by atoms with Crippen LogP contribution < -0.4 is 0 Å². The highest BCUT2D eigenvalue weighted by Crippen LogP contribution is 2.30. The largest absolute Gasteiger partial charge is 0.469 e. The van der Waals surface area contributed by atoms with E-state index >= 15 is 0 Å². The van der Waals surface area contributed by atoms with E-state index in [9.17, 15) is 22.6 Å². The fraction of sp³-hybridized carbons (Fsp3) is 0.846. The predicted molar refractivity (Wildman–Crippen MR) is 76.3 cm³/mol. The van der Waals surface area contributed by atoms with Gasteiger partial charge in [-0.3, -0.25) is 14.1 Å². The van der Waals surface area contributed by atoms with Crippen LogP contribution in [-0.2, 0) is 29.2 Å². The van der Waals surface area contributed by atoms with Crippen LogP contribution in [0.15, 0.2) is 0 Å². The molecule has 0 amide bonds. The minimum absolute atomic E-state index is 0.183. The van der Waals surface area contributed by atoms with Gasteiger partial charge in [0.05, 0.1) is 20.6 Å². The van der Waals surface area contributed by atoms with Crippen molar-refractivity contribution in [3.8, 4) is 0 Å². The summed E-state index contributed by atoms with van der Waals surface area (Å²) in [7, 11) is -2.72. The number of hydrogen-bond donors (Lipinski definition) is 1. The zero-order chi connectivity index (χ0) is 16.5. The monoisotopic (exact) mass is 324 g/mol. The van der Waals surface area contributed by atoms with Crippen molar-refractivity contribution in [2.24, 2.45) is 0 Å². The third kappa shape index (κ3) is 5.62. The predicted octanol–water partition coefficient (Wildman–Crippen LogP) is 1.71. The van der Waals surface area contributed by atoms with Crippen LogP contribution in [-0.4, -0.2) is 43.9 Å². The summed E-state index contributed by atoms with van der Waals surface area (Å²) >= 11 is 0. The summed E-state index contributed by atoms with van der Waals surface area (Å²) < 4.78 is 39.4. The van der Waals surface area contributed by atoms with Crippen LogP contribution in [0, 0.1) is 0 Å². The molecule has 0 bridgehead atoms. The van der Waals surface area contributed by atoms with Crippen LogP contribution in [0.25, 0.3) is 0 Å². The molecule has 1 N–H and O–H groups in total. The first-order chi connectivity index (χ1) is 9.75. The second kappa shape index (κ2) is 8.99. The minimum Gasteiger partial charge on any atom is -0.469 e. The summed E-state index contributed by atoms with van der Waals surface area (Å²) in [5, 5.41) is 0. The maximum absolute atomic E-state index is 11.9. The molecule has 0 saturated heterocycles. The average molecular weight is 324 g/mol. The topological polar surface area (TPSA) is 107 Å². The van der Waals surface area contributed by atoms with E-state index in [1.54, 1.807) is 0 Å². The van der Waals surface area contributed by atoms with Crippen LogP contribution >= 0.6 is 0 Å². The smallest absolute Gasteiger partial charge is 0.330 e. The Labute approximate surface area is 125 Å². The molecular weight excluding hydrogens is 300 g/mol. The van der Waals surface area contributed by atoms with Crippen molar-refractivity contribution in [2.45, 2.75) is 56.6 Å². The number of carbonyl (C=O) groups excluding carboxylic acids is 2. The lowest BCUT2D eigenvalue weighted by molar-refractivity contribution is -0.150. The standard InChI is InChI=1S/C13H24O7S/c1-4-5-6-7-8-9-13(12(15)20-3,21(16,17)18)10-11(14)19-2/h4-10H2,1-3H3,(H,16,17,18). The van der Waals surface area contributed by atoms with E-state index in [0.717, 1.165) is 33.5 Å². The second-order valence-corrected chi connectivity index (χ2v) is 6.61. The molecule has 0 heterocycles. The van der Waals surface area contributed by atoms with Crippen molar-refractivity contribution in [3.63, 3.8) is 0 Å². The molecule has 0 aliphatic heterocycles. The van der Waals surface area contributed by atoms with Crippen molar-refractivity contribution >= 4 is 22.1 Å². The van der Waals surface area contributed by atoms with Gasteiger partial charge in [-0.2, -0.15) is 8.42 Å². The van der Waals surface area contributed by atoms with Gasteiger partial charge in [-0.1, -0.05) is 39.0 Å². The third-order valence-corrected chi connectivity index (χ3v) is 4.90. The first kappa shape index (κ1) is 19.9. The first-order valence-electron chi connectivity index (χ1n) is 6.87. The van der Waals surface area contributed by atoms with Gasteiger partial charge in [0.25, 0.3) is 10.1 Å². The molecule has 1 atom stereocenters. The summed E-state index contributed by atoms with van der Waals surface area (Å²) in [4.78, 5) is 23.3. The molecule has 0 rings (SSSR count). The van der Waals surface area contributed by atoms with Gasteiger partial charge < -0.3 is 9.47 Å². The zero-order valence-corrected chi connectivity index (χ0v) is 13.6. The van der Waals surface area contributed by atoms with Gasteiger partial charge in [0.15, 0.2) is 0 Å². The molecule has 7 nitrogen and oxygen atoms in total. The molecular formula is C13H24O7S. The SMILES string of the molecule is CCCCCCCC(CC(=O)OC)(C(=O)OC)S(=O)(=O)O. The highest BCUT2D eigenvalue weighted by atomic mass is 32.2. The van der Waals surface area contributed by atoms with Crippen molar-refractivity contribution in [1.82, 2.24) is 0 Å². The maximum atomic E-state index is 11.9. The van der Waals surface area contributed by atoms with Crippen LogP contribution in [0.3, 0.4) is 0 Å². The van der Waals surface area contributed by atoms with Crippen molar-refractivity contribution in [1.29, 1.82) is 0 Å². The summed E-state index contributed by atoms with van der Waals surface area (Å²) in [6.07, 6.45) is 3.03. The van der Waals surface area contributed by atoms with Gasteiger partial charge in [0.1, 0.15) is 0 Å². The van der Waals surface area contributed by atoms with Crippen molar-refractivity contribution in [2.75, 3.05) is 14.2 Å². The Bertz CT molecular complexity index is 443. The van der Waals surface area contributed by atoms with Gasteiger partial charge in [-0.25, -0.2) is 0 Å². The normalized spacial score (nSPS) is 14.3. The van der Waals surface area contributed by atoms with Gasteiger partial charge in [-0.05, 0) is 6.42 Å². The highest BCUT2D eigenvalue weighted by Gasteiger charge is 2.52.